The average molecular weight is 365 g/mol. The standard InChI is InChI=1S/C23H27NO3/c1-3-27-23(25)20-14-19-21(26-2)13-17-11-7-8-12-18(17)22(19)24(20)15-16-9-5-4-6-10-16/h7-8,11-14,16H,3-6,9-10,15H2,1-2H3. The molecule has 0 bridgehead atoms. The van der Waals surface area contributed by atoms with Crippen molar-refractivity contribution in [2.45, 2.75) is 45.6 Å². The second-order valence-electron chi connectivity index (χ2n) is 7.43. The number of fused-ring (bicyclic) bond motifs is 3. The van der Waals surface area contributed by atoms with E-state index in [4.69, 9.17) is 9.47 Å². The number of carbonyl (C=O) groups excluding carboxylic acids is 1. The van der Waals surface area contributed by atoms with Gasteiger partial charge >= 0.3 is 5.97 Å². The first-order valence-electron chi connectivity index (χ1n) is 9.99. The highest BCUT2D eigenvalue weighted by Gasteiger charge is 2.24. The summed E-state index contributed by atoms with van der Waals surface area (Å²) in [6, 6.07) is 12.3. The summed E-state index contributed by atoms with van der Waals surface area (Å²) in [4.78, 5) is 12.7. The van der Waals surface area contributed by atoms with Gasteiger partial charge < -0.3 is 14.0 Å². The molecule has 4 rings (SSSR count). The Morgan fingerprint density at radius 3 is 2.63 bits per heavy atom. The monoisotopic (exact) mass is 365 g/mol. The summed E-state index contributed by atoms with van der Waals surface area (Å²) in [5, 5.41) is 3.26. The van der Waals surface area contributed by atoms with Crippen LogP contribution in [0.2, 0.25) is 0 Å². The number of methoxy groups -OCH3 is 1. The third-order valence-corrected chi connectivity index (χ3v) is 5.73. The van der Waals surface area contributed by atoms with Crippen molar-refractivity contribution < 1.29 is 14.3 Å². The molecule has 1 saturated carbocycles. The van der Waals surface area contributed by atoms with Crippen molar-refractivity contribution in [3.05, 3.63) is 42.1 Å². The highest BCUT2D eigenvalue weighted by molar-refractivity contribution is 6.11. The van der Waals surface area contributed by atoms with Crippen molar-refractivity contribution in [3.63, 3.8) is 0 Å². The Hall–Kier alpha value is -2.49. The lowest BCUT2D eigenvalue weighted by Crippen LogP contribution is -2.18. The van der Waals surface area contributed by atoms with Gasteiger partial charge in [0.1, 0.15) is 11.4 Å². The van der Waals surface area contributed by atoms with Crippen LogP contribution < -0.4 is 4.74 Å². The molecule has 1 aromatic heterocycles. The predicted octanol–water partition coefficient (Wildman–Crippen LogP) is 5.56. The molecule has 0 radical (unpaired) electrons. The molecule has 0 saturated heterocycles. The minimum atomic E-state index is -0.254. The van der Waals surface area contributed by atoms with Gasteiger partial charge in [0.2, 0.25) is 0 Å². The molecule has 0 unspecified atom stereocenters. The van der Waals surface area contributed by atoms with Gasteiger partial charge in [-0.05, 0) is 43.2 Å². The van der Waals surface area contributed by atoms with E-state index in [0.717, 1.165) is 34.0 Å². The molecule has 3 aromatic rings. The molecule has 0 spiro atoms. The van der Waals surface area contributed by atoms with Crippen LogP contribution in [0.5, 0.6) is 5.75 Å². The number of benzene rings is 2. The van der Waals surface area contributed by atoms with Gasteiger partial charge in [0.05, 0.1) is 19.2 Å². The summed E-state index contributed by atoms with van der Waals surface area (Å²) in [5.74, 6) is 1.15. The van der Waals surface area contributed by atoms with E-state index in [2.05, 4.69) is 28.8 Å². The number of hydrogen-bond acceptors (Lipinski definition) is 3. The largest absolute Gasteiger partial charge is 0.496 e. The van der Waals surface area contributed by atoms with Gasteiger partial charge in [-0.15, -0.1) is 0 Å². The summed E-state index contributed by atoms with van der Waals surface area (Å²) in [6.45, 7) is 3.08. The van der Waals surface area contributed by atoms with Crippen molar-refractivity contribution in [1.82, 2.24) is 4.57 Å². The molecule has 27 heavy (non-hydrogen) atoms. The summed E-state index contributed by atoms with van der Waals surface area (Å²) < 4.78 is 13.2. The maximum Gasteiger partial charge on any atom is 0.354 e. The van der Waals surface area contributed by atoms with E-state index in [1.165, 1.54) is 32.1 Å². The maximum atomic E-state index is 12.7. The SMILES string of the molecule is CCOC(=O)c1cc2c(OC)cc3ccccc3c2n1CC1CCCCC1. The van der Waals surface area contributed by atoms with Crippen molar-refractivity contribution in [2.24, 2.45) is 5.92 Å². The van der Waals surface area contributed by atoms with Crippen LogP contribution in [-0.2, 0) is 11.3 Å². The molecule has 1 aliphatic carbocycles. The molecule has 1 fully saturated rings. The van der Waals surface area contributed by atoms with Crippen LogP contribution in [0.25, 0.3) is 21.7 Å². The van der Waals surface area contributed by atoms with Gasteiger partial charge in [0.15, 0.2) is 0 Å². The molecule has 1 aliphatic rings. The van der Waals surface area contributed by atoms with Crippen LogP contribution in [0, 0.1) is 5.92 Å². The molecular formula is C23H27NO3. The van der Waals surface area contributed by atoms with Crippen LogP contribution in [0.15, 0.2) is 36.4 Å². The van der Waals surface area contributed by atoms with Crippen LogP contribution in [-0.4, -0.2) is 24.3 Å². The molecule has 4 nitrogen and oxygen atoms in total. The van der Waals surface area contributed by atoms with Crippen molar-refractivity contribution in [3.8, 4) is 5.75 Å². The molecular weight excluding hydrogens is 338 g/mol. The van der Waals surface area contributed by atoms with Crippen molar-refractivity contribution in [2.75, 3.05) is 13.7 Å². The molecule has 0 N–H and O–H groups in total. The zero-order valence-electron chi connectivity index (χ0n) is 16.2. The summed E-state index contributed by atoms with van der Waals surface area (Å²) in [6.07, 6.45) is 6.34. The van der Waals surface area contributed by atoms with Gasteiger partial charge in [0, 0.05) is 17.3 Å². The first-order valence-corrected chi connectivity index (χ1v) is 9.99. The fourth-order valence-electron chi connectivity index (χ4n) is 4.45. The van der Waals surface area contributed by atoms with E-state index in [1.54, 1.807) is 7.11 Å². The Morgan fingerprint density at radius 2 is 1.89 bits per heavy atom. The van der Waals surface area contributed by atoms with Gasteiger partial charge in [-0.1, -0.05) is 43.5 Å². The minimum Gasteiger partial charge on any atom is -0.496 e. The molecule has 4 heteroatoms. The second kappa shape index (κ2) is 7.63. The first kappa shape index (κ1) is 17.9. The van der Waals surface area contributed by atoms with Gasteiger partial charge in [0.25, 0.3) is 0 Å². The van der Waals surface area contributed by atoms with E-state index in [0.29, 0.717) is 18.2 Å². The highest BCUT2D eigenvalue weighted by atomic mass is 16.5. The zero-order valence-corrected chi connectivity index (χ0v) is 16.2. The van der Waals surface area contributed by atoms with Crippen LogP contribution in [0.1, 0.15) is 49.5 Å². The first-order chi connectivity index (χ1) is 13.2. The predicted molar refractivity (Wildman–Crippen MR) is 109 cm³/mol. The molecule has 0 aliphatic heterocycles. The Kier molecular flexibility index (Phi) is 5.06. The van der Waals surface area contributed by atoms with E-state index < -0.39 is 0 Å². The van der Waals surface area contributed by atoms with Gasteiger partial charge in [-0.3, -0.25) is 0 Å². The van der Waals surface area contributed by atoms with Crippen molar-refractivity contribution >= 4 is 27.6 Å². The Labute approximate surface area is 160 Å². The maximum absolute atomic E-state index is 12.7. The number of carbonyl (C=O) groups is 1. The quantitative estimate of drug-likeness (QED) is 0.556. The van der Waals surface area contributed by atoms with Crippen LogP contribution in [0.4, 0.5) is 0 Å². The number of ether oxygens (including phenoxy) is 2. The number of aromatic nitrogens is 1. The number of hydrogen-bond donors (Lipinski definition) is 0. The lowest BCUT2D eigenvalue weighted by Gasteiger charge is -2.24. The number of rotatable bonds is 5. The normalized spacial score (nSPS) is 15.3. The molecule has 142 valence electrons. The lowest BCUT2D eigenvalue weighted by atomic mass is 9.89. The fourth-order valence-corrected chi connectivity index (χ4v) is 4.45. The highest BCUT2D eigenvalue weighted by Crippen LogP contribution is 2.37. The van der Waals surface area contributed by atoms with E-state index >= 15 is 0 Å². The van der Waals surface area contributed by atoms with E-state index in [-0.39, 0.29) is 5.97 Å². The second-order valence-corrected chi connectivity index (χ2v) is 7.43. The van der Waals surface area contributed by atoms with Crippen molar-refractivity contribution in [1.29, 1.82) is 0 Å². The summed E-state index contributed by atoms with van der Waals surface area (Å²) >= 11 is 0. The minimum absolute atomic E-state index is 0.254. The number of nitrogens with zero attached hydrogens (tertiary/aromatic N) is 1. The summed E-state index contributed by atoms with van der Waals surface area (Å²) in [7, 11) is 1.69. The summed E-state index contributed by atoms with van der Waals surface area (Å²) in [5.41, 5.74) is 1.71. The van der Waals surface area contributed by atoms with Crippen LogP contribution in [0.3, 0.4) is 0 Å². The topological polar surface area (TPSA) is 40.5 Å². The smallest absolute Gasteiger partial charge is 0.354 e. The van der Waals surface area contributed by atoms with Gasteiger partial charge in [-0.25, -0.2) is 4.79 Å². The third-order valence-electron chi connectivity index (χ3n) is 5.73. The average Bonchev–Trinajstić information content (AvgIpc) is 3.08. The molecule has 2 aromatic carbocycles. The molecule has 0 atom stereocenters. The Bertz CT molecular complexity index is 967. The Balaban J connectivity index is 1.95. The number of esters is 1. The Morgan fingerprint density at radius 1 is 1.11 bits per heavy atom. The third kappa shape index (κ3) is 3.29. The zero-order chi connectivity index (χ0) is 18.8. The lowest BCUT2D eigenvalue weighted by molar-refractivity contribution is 0.0513. The fraction of sp³-hybridized carbons (Fsp3) is 0.435. The van der Waals surface area contributed by atoms with E-state index in [9.17, 15) is 4.79 Å². The van der Waals surface area contributed by atoms with Gasteiger partial charge in [-0.2, -0.15) is 0 Å². The molecule has 1 heterocycles. The van der Waals surface area contributed by atoms with E-state index in [1.807, 2.05) is 19.1 Å². The molecule has 0 amide bonds. The van der Waals surface area contributed by atoms with Crippen LogP contribution >= 0.6 is 0 Å².